The zero-order valence-electron chi connectivity index (χ0n) is 11.9. The van der Waals surface area contributed by atoms with Gasteiger partial charge in [0.2, 0.25) is 5.75 Å². The molecule has 0 fully saturated rings. The van der Waals surface area contributed by atoms with Crippen LogP contribution in [0.3, 0.4) is 0 Å². The van der Waals surface area contributed by atoms with Gasteiger partial charge in [0.15, 0.2) is 17.5 Å². The molecule has 0 saturated carbocycles. The molecule has 2 heterocycles. The van der Waals surface area contributed by atoms with E-state index >= 15 is 0 Å². The van der Waals surface area contributed by atoms with Crippen molar-refractivity contribution in [3.8, 4) is 5.75 Å². The number of ether oxygens (including phenoxy) is 1. The van der Waals surface area contributed by atoms with Crippen molar-refractivity contribution in [3.05, 3.63) is 18.5 Å². The molecular formula is C12H19N7O. The molecule has 0 aliphatic heterocycles. The summed E-state index contributed by atoms with van der Waals surface area (Å²) in [5, 5.41) is 10.6. The summed E-state index contributed by atoms with van der Waals surface area (Å²) < 4.78 is 7.03. The van der Waals surface area contributed by atoms with Crippen LogP contribution in [0.1, 0.15) is 12.7 Å². The van der Waals surface area contributed by atoms with E-state index in [1.54, 1.807) is 18.1 Å². The molecule has 0 atom stereocenters. The molecular weight excluding hydrogens is 258 g/mol. The van der Waals surface area contributed by atoms with Crippen molar-refractivity contribution in [3.63, 3.8) is 0 Å². The van der Waals surface area contributed by atoms with Crippen LogP contribution < -0.4 is 15.4 Å². The minimum Gasteiger partial charge on any atom is -0.490 e. The maximum atomic E-state index is 5.35. The van der Waals surface area contributed by atoms with Gasteiger partial charge in [-0.1, -0.05) is 0 Å². The molecule has 108 valence electrons. The van der Waals surface area contributed by atoms with E-state index in [0.717, 1.165) is 12.4 Å². The number of nitrogens with zero attached hydrogens (tertiary/aromatic N) is 5. The molecule has 0 aliphatic carbocycles. The van der Waals surface area contributed by atoms with E-state index in [1.165, 1.54) is 6.33 Å². The highest BCUT2D eigenvalue weighted by Gasteiger charge is 2.11. The number of aryl methyl sites for hydroxylation is 1. The lowest BCUT2D eigenvalue weighted by Crippen LogP contribution is -2.11. The fraction of sp³-hybridized carbons (Fsp3) is 0.500. The quantitative estimate of drug-likeness (QED) is 0.770. The van der Waals surface area contributed by atoms with E-state index in [4.69, 9.17) is 4.74 Å². The molecule has 0 unspecified atom stereocenters. The molecule has 2 aromatic rings. The molecule has 20 heavy (non-hydrogen) atoms. The van der Waals surface area contributed by atoms with Gasteiger partial charge in [-0.3, -0.25) is 4.68 Å². The molecule has 0 aromatic carbocycles. The predicted octanol–water partition coefficient (Wildman–Crippen LogP) is 0.700. The summed E-state index contributed by atoms with van der Waals surface area (Å²) in [5.74, 6) is 2.75. The van der Waals surface area contributed by atoms with Gasteiger partial charge >= 0.3 is 0 Å². The second-order valence-electron chi connectivity index (χ2n) is 4.15. The number of hydrogen-bond donors (Lipinski definition) is 2. The van der Waals surface area contributed by atoms with Gasteiger partial charge in [-0.15, -0.1) is 0 Å². The van der Waals surface area contributed by atoms with Crippen LogP contribution in [0.5, 0.6) is 5.75 Å². The topological polar surface area (TPSA) is 89.8 Å². The van der Waals surface area contributed by atoms with Crippen molar-refractivity contribution in [1.82, 2.24) is 24.7 Å². The van der Waals surface area contributed by atoms with Crippen molar-refractivity contribution >= 4 is 11.6 Å². The van der Waals surface area contributed by atoms with Gasteiger partial charge in [-0.05, 0) is 6.92 Å². The summed E-state index contributed by atoms with van der Waals surface area (Å²) in [6, 6.07) is 0. The maximum Gasteiger partial charge on any atom is 0.204 e. The second kappa shape index (κ2) is 6.69. The maximum absolute atomic E-state index is 5.35. The number of rotatable bonds is 7. The van der Waals surface area contributed by atoms with Gasteiger partial charge in [0.05, 0.1) is 7.11 Å². The zero-order chi connectivity index (χ0) is 14.4. The summed E-state index contributed by atoms with van der Waals surface area (Å²) in [4.78, 5) is 12.5. The highest BCUT2D eigenvalue weighted by Crippen LogP contribution is 2.28. The predicted molar refractivity (Wildman–Crippen MR) is 75.9 cm³/mol. The van der Waals surface area contributed by atoms with Crippen LogP contribution >= 0.6 is 0 Å². The summed E-state index contributed by atoms with van der Waals surface area (Å²) >= 11 is 0. The van der Waals surface area contributed by atoms with Crippen LogP contribution in [0.4, 0.5) is 11.6 Å². The van der Waals surface area contributed by atoms with Crippen LogP contribution in [0.25, 0.3) is 0 Å². The van der Waals surface area contributed by atoms with Crippen LogP contribution in [0.15, 0.2) is 12.7 Å². The first kappa shape index (κ1) is 14.0. The van der Waals surface area contributed by atoms with Crippen LogP contribution in [-0.2, 0) is 13.5 Å². The minimum absolute atomic E-state index is 0.614. The standard InChI is InChI=1S/C12H19N7O/c1-4-13-11-10(20-3)12(16-7-15-11)14-6-5-9-17-8-19(2)18-9/h7-8H,4-6H2,1-3H3,(H2,13,14,15,16). The molecule has 0 bridgehead atoms. The van der Waals surface area contributed by atoms with Crippen LogP contribution in [0.2, 0.25) is 0 Å². The zero-order valence-corrected chi connectivity index (χ0v) is 11.9. The molecule has 2 N–H and O–H groups in total. The van der Waals surface area contributed by atoms with Crippen molar-refractivity contribution in [1.29, 1.82) is 0 Å². The fourth-order valence-corrected chi connectivity index (χ4v) is 1.78. The Morgan fingerprint density at radius 3 is 2.55 bits per heavy atom. The van der Waals surface area contributed by atoms with E-state index in [0.29, 0.717) is 30.4 Å². The van der Waals surface area contributed by atoms with Crippen molar-refractivity contribution in [2.45, 2.75) is 13.3 Å². The second-order valence-corrected chi connectivity index (χ2v) is 4.15. The first-order valence-electron chi connectivity index (χ1n) is 6.45. The van der Waals surface area contributed by atoms with Crippen LogP contribution in [0, 0.1) is 0 Å². The summed E-state index contributed by atoms with van der Waals surface area (Å²) in [5.41, 5.74) is 0. The first-order valence-corrected chi connectivity index (χ1v) is 6.45. The van der Waals surface area contributed by atoms with Gasteiger partial charge < -0.3 is 15.4 Å². The molecule has 0 aliphatic rings. The van der Waals surface area contributed by atoms with Gasteiger partial charge in [0.25, 0.3) is 0 Å². The minimum atomic E-state index is 0.614. The SMILES string of the molecule is CCNc1ncnc(NCCc2ncn(C)n2)c1OC. The molecule has 0 spiro atoms. The molecule has 0 radical (unpaired) electrons. The Morgan fingerprint density at radius 2 is 1.95 bits per heavy atom. The molecule has 2 aromatic heterocycles. The van der Waals surface area contributed by atoms with Crippen molar-refractivity contribution in [2.24, 2.45) is 7.05 Å². The number of nitrogens with one attached hydrogen (secondary N) is 2. The highest BCUT2D eigenvalue weighted by atomic mass is 16.5. The molecule has 0 amide bonds. The molecule has 8 heteroatoms. The Bertz CT molecular complexity index is 554. The Hall–Kier alpha value is -2.38. The number of methoxy groups -OCH3 is 1. The van der Waals surface area contributed by atoms with Crippen molar-refractivity contribution < 1.29 is 4.74 Å². The fourth-order valence-electron chi connectivity index (χ4n) is 1.78. The monoisotopic (exact) mass is 277 g/mol. The normalized spacial score (nSPS) is 10.3. The third-order valence-electron chi connectivity index (χ3n) is 2.64. The summed E-state index contributed by atoms with van der Waals surface area (Å²) in [7, 11) is 3.45. The smallest absolute Gasteiger partial charge is 0.204 e. The largest absolute Gasteiger partial charge is 0.490 e. The molecule has 0 saturated heterocycles. The van der Waals surface area contributed by atoms with Gasteiger partial charge in [-0.25, -0.2) is 15.0 Å². The summed E-state index contributed by atoms with van der Waals surface area (Å²) in [6.45, 7) is 3.44. The van der Waals surface area contributed by atoms with Crippen LogP contribution in [-0.4, -0.2) is 44.9 Å². The van der Waals surface area contributed by atoms with Gasteiger partial charge in [0.1, 0.15) is 12.7 Å². The molecule has 8 nitrogen and oxygen atoms in total. The average molecular weight is 277 g/mol. The molecule has 2 rings (SSSR count). The first-order chi connectivity index (χ1) is 9.74. The third-order valence-corrected chi connectivity index (χ3v) is 2.64. The average Bonchev–Trinajstić information content (AvgIpc) is 2.85. The Labute approximate surface area is 117 Å². The summed E-state index contributed by atoms with van der Waals surface area (Å²) in [6.07, 6.45) is 3.90. The highest BCUT2D eigenvalue weighted by molar-refractivity contribution is 5.63. The Balaban J connectivity index is 1.99. The van der Waals surface area contributed by atoms with E-state index in [-0.39, 0.29) is 0 Å². The lowest BCUT2D eigenvalue weighted by atomic mass is 10.4. The third kappa shape index (κ3) is 3.34. The lowest BCUT2D eigenvalue weighted by Gasteiger charge is -2.13. The van der Waals surface area contributed by atoms with E-state index in [2.05, 4.69) is 30.7 Å². The van der Waals surface area contributed by atoms with E-state index in [9.17, 15) is 0 Å². The Kier molecular flexibility index (Phi) is 4.70. The van der Waals surface area contributed by atoms with E-state index in [1.807, 2.05) is 14.0 Å². The number of aromatic nitrogens is 5. The van der Waals surface area contributed by atoms with Gasteiger partial charge in [-0.2, -0.15) is 5.10 Å². The lowest BCUT2D eigenvalue weighted by molar-refractivity contribution is 0.414. The Morgan fingerprint density at radius 1 is 1.20 bits per heavy atom. The number of hydrogen-bond acceptors (Lipinski definition) is 7. The van der Waals surface area contributed by atoms with E-state index < -0.39 is 0 Å². The van der Waals surface area contributed by atoms with Gasteiger partial charge in [0, 0.05) is 26.6 Å². The number of anilines is 2. The van der Waals surface area contributed by atoms with Crippen molar-refractivity contribution in [2.75, 3.05) is 30.8 Å².